The lowest BCUT2D eigenvalue weighted by atomic mass is 10.2. The molecule has 4 heterocycles. The molecule has 0 saturated carbocycles. The minimum atomic E-state index is -0.559. The molecule has 1 atom stereocenters. The average molecular weight is 431 g/mol. The molecule has 2 aliphatic heterocycles. The van der Waals surface area contributed by atoms with Crippen LogP contribution in [0.1, 0.15) is 16.8 Å². The lowest BCUT2D eigenvalue weighted by Crippen LogP contribution is -2.27. The Kier molecular flexibility index (Phi) is 5.03. The largest absolute Gasteiger partial charge is 0.474 e. The molecule has 0 aliphatic carbocycles. The summed E-state index contributed by atoms with van der Waals surface area (Å²) in [4.78, 5) is 24.0. The zero-order valence-corrected chi connectivity index (χ0v) is 16.9. The first-order valence-electron chi connectivity index (χ1n) is 10.0. The monoisotopic (exact) mass is 431 g/mol. The molecule has 1 fully saturated rings. The quantitative estimate of drug-likeness (QED) is 0.611. The van der Waals surface area contributed by atoms with E-state index in [2.05, 4.69) is 9.97 Å². The molecule has 1 saturated heterocycles. The summed E-state index contributed by atoms with van der Waals surface area (Å²) in [6.45, 7) is 1.46. The zero-order valence-electron chi connectivity index (χ0n) is 16.9. The second-order valence-corrected chi connectivity index (χ2v) is 7.53. The van der Waals surface area contributed by atoms with Gasteiger partial charge in [-0.25, -0.2) is 14.2 Å². The van der Waals surface area contributed by atoms with E-state index in [0.29, 0.717) is 35.9 Å². The third-order valence-electron chi connectivity index (χ3n) is 5.43. The molecule has 0 bridgehead atoms. The van der Waals surface area contributed by atoms with Crippen molar-refractivity contribution >= 4 is 17.5 Å². The Hall–Kier alpha value is -4.19. The van der Waals surface area contributed by atoms with Gasteiger partial charge >= 0.3 is 6.09 Å². The molecule has 1 aromatic carbocycles. The topological polar surface area (TPSA) is 91.6 Å². The lowest BCUT2D eigenvalue weighted by molar-refractivity contribution is 0.103. The molecule has 0 spiro atoms. The minimum Gasteiger partial charge on any atom is -0.474 e. The summed E-state index contributed by atoms with van der Waals surface area (Å²) in [5.74, 6) is -0.0837. The Morgan fingerprint density at radius 2 is 2.12 bits per heavy atom. The summed E-state index contributed by atoms with van der Waals surface area (Å²) in [5, 5.41) is 8.81. The van der Waals surface area contributed by atoms with Crippen LogP contribution in [-0.4, -0.2) is 35.3 Å². The van der Waals surface area contributed by atoms with Crippen molar-refractivity contribution in [2.75, 3.05) is 23.0 Å². The SMILES string of the molecule is N#Cc1ccc(OC[C@H]2CN(c3ccc(N4Cc5cccnc5C4)c(F)c3)C(=O)O2)nc1. The number of ether oxygens (including phenoxy) is 2. The maximum atomic E-state index is 14.9. The van der Waals surface area contributed by atoms with Gasteiger partial charge in [0.1, 0.15) is 18.5 Å². The van der Waals surface area contributed by atoms with Crippen LogP contribution >= 0.6 is 0 Å². The van der Waals surface area contributed by atoms with Gasteiger partial charge in [0.25, 0.3) is 0 Å². The van der Waals surface area contributed by atoms with E-state index in [9.17, 15) is 9.18 Å². The second kappa shape index (κ2) is 8.15. The van der Waals surface area contributed by atoms with E-state index in [0.717, 1.165) is 11.3 Å². The summed E-state index contributed by atoms with van der Waals surface area (Å²) in [7, 11) is 0. The molecular weight excluding hydrogens is 413 g/mol. The van der Waals surface area contributed by atoms with Gasteiger partial charge in [0.05, 0.1) is 35.7 Å². The molecule has 9 heteroatoms. The van der Waals surface area contributed by atoms with Crippen molar-refractivity contribution in [2.24, 2.45) is 0 Å². The first-order valence-corrected chi connectivity index (χ1v) is 10.0. The van der Waals surface area contributed by atoms with Crippen LogP contribution in [0.3, 0.4) is 0 Å². The number of benzene rings is 1. The first-order chi connectivity index (χ1) is 15.6. The standard InChI is InChI=1S/C23H18FN5O3/c24-19-8-17(4-5-21(19)28-11-16-2-1-7-26-20(16)13-28)29-12-18(32-23(29)30)14-31-22-6-3-15(9-25)10-27-22/h1-8,10,18H,11-14H2/t18-/m1/s1. The molecule has 0 radical (unpaired) electrons. The van der Waals surface area contributed by atoms with Crippen molar-refractivity contribution < 1.29 is 18.7 Å². The van der Waals surface area contributed by atoms with Gasteiger partial charge in [-0.3, -0.25) is 9.88 Å². The van der Waals surface area contributed by atoms with E-state index in [1.165, 1.54) is 17.2 Å². The first kappa shape index (κ1) is 19.8. The van der Waals surface area contributed by atoms with Crippen LogP contribution in [-0.2, 0) is 17.8 Å². The molecule has 3 aromatic rings. The number of hydrogen-bond acceptors (Lipinski definition) is 7. The van der Waals surface area contributed by atoms with Crippen LogP contribution < -0.4 is 14.5 Å². The summed E-state index contributed by atoms with van der Waals surface area (Å²) in [6.07, 6.45) is 2.05. The Morgan fingerprint density at radius 3 is 2.88 bits per heavy atom. The van der Waals surface area contributed by atoms with E-state index in [1.807, 2.05) is 23.1 Å². The molecule has 32 heavy (non-hydrogen) atoms. The van der Waals surface area contributed by atoms with Gasteiger partial charge < -0.3 is 14.4 Å². The van der Waals surface area contributed by atoms with Crippen LogP contribution in [0, 0.1) is 17.1 Å². The van der Waals surface area contributed by atoms with Crippen molar-refractivity contribution in [3.63, 3.8) is 0 Å². The fourth-order valence-corrected chi connectivity index (χ4v) is 3.82. The van der Waals surface area contributed by atoms with E-state index >= 15 is 0 Å². The predicted octanol–water partition coefficient (Wildman–Crippen LogP) is 3.41. The number of carbonyl (C=O) groups excluding carboxylic acids is 1. The van der Waals surface area contributed by atoms with Crippen LogP contribution in [0.5, 0.6) is 5.88 Å². The number of halogens is 1. The lowest BCUT2D eigenvalue weighted by Gasteiger charge is -2.20. The Balaban J connectivity index is 1.23. The van der Waals surface area contributed by atoms with E-state index < -0.39 is 18.0 Å². The molecule has 5 rings (SSSR count). The van der Waals surface area contributed by atoms with Crippen LogP contribution in [0.15, 0.2) is 54.9 Å². The zero-order chi connectivity index (χ0) is 22.1. The number of anilines is 2. The van der Waals surface area contributed by atoms with Crippen molar-refractivity contribution in [1.82, 2.24) is 9.97 Å². The molecule has 8 nitrogen and oxygen atoms in total. The number of nitrogens with zero attached hydrogens (tertiary/aromatic N) is 5. The molecule has 160 valence electrons. The minimum absolute atomic E-state index is 0.0980. The van der Waals surface area contributed by atoms with Gasteiger partial charge in [-0.15, -0.1) is 0 Å². The summed E-state index contributed by atoms with van der Waals surface area (Å²) in [5.41, 5.74) is 3.34. The number of aromatic nitrogens is 2. The fraction of sp³-hybridized carbons (Fsp3) is 0.217. The number of hydrogen-bond donors (Lipinski definition) is 0. The van der Waals surface area contributed by atoms with Gasteiger partial charge in [0.2, 0.25) is 5.88 Å². The van der Waals surface area contributed by atoms with E-state index in [-0.39, 0.29) is 13.2 Å². The molecule has 2 aliphatic rings. The normalized spacial score (nSPS) is 17.1. The fourth-order valence-electron chi connectivity index (χ4n) is 3.82. The smallest absolute Gasteiger partial charge is 0.414 e. The van der Waals surface area contributed by atoms with Crippen molar-refractivity contribution in [1.29, 1.82) is 5.26 Å². The van der Waals surface area contributed by atoms with Crippen molar-refractivity contribution in [3.8, 4) is 11.9 Å². The molecule has 0 unspecified atom stereocenters. The Bertz CT molecular complexity index is 1190. The predicted molar refractivity (Wildman–Crippen MR) is 113 cm³/mol. The molecule has 2 aromatic heterocycles. The van der Waals surface area contributed by atoms with E-state index in [4.69, 9.17) is 14.7 Å². The summed E-state index contributed by atoms with van der Waals surface area (Å²) >= 11 is 0. The molecule has 1 amide bonds. The number of nitriles is 1. The molecular formula is C23H18FN5O3. The number of fused-ring (bicyclic) bond motifs is 1. The van der Waals surface area contributed by atoms with Crippen molar-refractivity contribution in [2.45, 2.75) is 19.2 Å². The maximum Gasteiger partial charge on any atom is 0.414 e. The van der Waals surface area contributed by atoms with Gasteiger partial charge in [-0.1, -0.05) is 6.07 Å². The van der Waals surface area contributed by atoms with Crippen LogP contribution in [0.4, 0.5) is 20.6 Å². The van der Waals surface area contributed by atoms with Crippen LogP contribution in [0.2, 0.25) is 0 Å². The number of pyridine rings is 2. The second-order valence-electron chi connectivity index (χ2n) is 7.53. The average Bonchev–Trinajstić information content (AvgIpc) is 3.41. The maximum absolute atomic E-state index is 14.9. The van der Waals surface area contributed by atoms with E-state index in [1.54, 1.807) is 30.5 Å². The van der Waals surface area contributed by atoms with Gasteiger partial charge in [-0.2, -0.15) is 5.26 Å². The number of rotatable bonds is 5. The summed E-state index contributed by atoms with van der Waals surface area (Å²) < 4.78 is 25.8. The summed E-state index contributed by atoms with van der Waals surface area (Å²) in [6, 6.07) is 13.7. The highest BCUT2D eigenvalue weighted by molar-refractivity contribution is 5.90. The third-order valence-corrected chi connectivity index (χ3v) is 5.43. The number of amides is 1. The Labute approximate surface area is 183 Å². The third kappa shape index (κ3) is 3.78. The van der Waals surface area contributed by atoms with Gasteiger partial charge in [-0.05, 0) is 35.9 Å². The molecule has 0 N–H and O–H groups in total. The highest BCUT2D eigenvalue weighted by atomic mass is 19.1. The Morgan fingerprint density at radius 1 is 1.22 bits per heavy atom. The number of cyclic esters (lactones) is 1. The van der Waals surface area contributed by atoms with Gasteiger partial charge in [0, 0.05) is 25.0 Å². The van der Waals surface area contributed by atoms with Crippen LogP contribution in [0.25, 0.3) is 0 Å². The number of carbonyl (C=O) groups is 1. The van der Waals surface area contributed by atoms with Gasteiger partial charge in [0.15, 0.2) is 6.10 Å². The highest BCUT2D eigenvalue weighted by Gasteiger charge is 2.33. The highest BCUT2D eigenvalue weighted by Crippen LogP contribution is 2.32. The van der Waals surface area contributed by atoms with Crippen molar-refractivity contribution in [3.05, 3.63) is 77.5 Å².